The molecule has 0 radical (unpaired) electrons. The zero-order valence-corrected chi connectivity index (χ0v) is 12.6. The second-order valence-corrected chi connectivity index (χ2v) is 4.87. The van der Waals surface area contributed by atoms with E-state index in [1.165, 1.54) is 7.11 Å². The van der Waals surface area contributed by atoms with Crippen molar-refractivity contribution in [1.29, 1.82) is 0 Å². The largest absolute Gasteiger partial charge is 0.493 e. The number of carbonyl (C=O) groups is 2. The van der Waals surface area contributed by atoms with E-state index in [0.717, 1.165) is 0 Å². The summed E-state index contributed by atoms with van der Waals surface area (Å²) in [5, 5.41) is 2.61. The first kappa shape index (κ1) is 15.7. The van der Waals surface area contributed by atoms with Crippen molar-refractivity contribution >= 4 is 17.5 Å². The van der Waals surface area contributed by atoms with Gasteiger partial charge in [-0.1, -0.05) is 5.92 Å². The van der Waals surface area contributed by atoms with Crippen molar-refractivity contribution in [3.05, 3.63) is 18.2 Å². The molecule has 0 aromatic heterocycles. The topological polar surface area (TPSA) is 67.9 Å². The first-order valence-corrected chi connectivity index (χ1v) is 6.84. The zero-order chi connectivity index (χ0) is 16.1. The number of rotatable bonds is 5. The van der Waals surface area contributed by atoms with Crippen LogP contribution in [0.2, 0.25) is 0 Å². The first-order chi connectivity index (χ1) is 10.6. The Morgan fingerprint density at radius 3 is 2.77 bits per heavy atom. The summed E-state index contributed by atoms with van der Waals surface area (Å²) in [5.41, 5.74) is 0.676. The number of hydrogen-bond donors (Lipinski definition) is 1. The van der Waals surface area contributed by atoms with Gasteiger partial charge in [-0.2, -0.15) is 0 Å². The minimum atomic E-state index is -0.394. The molecule has 1 aromatic rings. The van der Waals surface area contributed by atoms with Gasteiger partial charge in [0.1, 0.15) is 0 Å². The van der Waals surface area contributed by atoms with E-state index in [4.69, 9.17) is 15.9 Å². The fourth-order valence-electron chi connectivity index (χ4n) is 2.41. The fourth-order valence-corrected chi connectivity index (χ4v) is 2.41. The molecule has 0 saturated carbocycles. The summed E-state index contributed by atoms with van der Waals surface area (Å²) in [5.74, 6) is 2.76. The number of ether oxygens (including phenoxy) is 2. The third kappa shape index (κ3) is 3.14. The number of nitrogens with zero attached hydrogens (tertiary/aromatic N) is 1. The molecule has 1 unspecified atom stereocenters. The maximum atomic E-state index is 12.2. The van der Waals surface area contributed by atoms with Crippen LogP contribution in [0.4, 0.5) is 5.69 Å². The molecule has 1 heterocycles. The molecule has 1 saturated heterocycles. The smallest absolute Gasteiger partial charge is 0.227 e. The predicted octanol–water partition coefficient (Wildman–Crippen LogP) is 0.806. The average molecular weight is 302 g/mol. The molecule has 1 N–H and O–H groups in total. The Bertz CT molecular complexity index is 621. The van der Waals surface area contributed by atoms with Crippen LogP contribution in [0.3, 0.4) is 0 Å². The van der Waals surface area contributed by atoms with E-state index in [9.17, 15) is 9.59 Å². The van der Waals surface area contributed by atoms with Gasteiger partial charge < -0.3 is 19.7 Å². The van der Waals surface area contributed by atoms with Gasteiger partial charge in [-0.25, -0.2) is 0 Å². The van der Waals surface area contributed by atoms with E-state index in [-0.39, 0.29) is 24.8 Å². The van der Waals surface area contributed by atoms with Crippen molar-refractivity contribution in [3.63, 3.8) is 0 Å². The summed E-state index contributed by atoms with van der Waals surface area (Å²) in [6.07, 6.45) is 5.28. The Morgan fingerprint density at radius 1 is 1.41 bits per heavy atom. The molecular formula is C16H18N2O4. The molecule has 6 heteroatoms. The van der Waals surface area contributed by atoms with Gasteiger partial charge in [-0.05, 0) is 12.1 Å². The van der Waals surface area contributed by atoms with Crippen LogP contribution in [-0.4, -0.2) is 39.1 Å². The molecular weight excluding hydrogens is 284 g/mol. The quantitative estimate of drug-likeness (QED) is 0.817. The number of terminal acetylenes is 1. The van der Waals surface area contributed by atoms with Gasteiger partial charge in [0.25, 0.3) is 0 Å². The Hall–Kier alpha value is -2.68. The highest BCUT2D eigenvalue weighted by atomic mass is 16.5. The lowest BCUT2D eigenvalue weighted by molar-refractivity contribution is -0.126. The van der Waals surface area contributed by atoms with E-state index in [2.05, 4.69) is 11.2 Å². The summed E-state index contributed by atoms with van der Waals surface area (Å²) in [7, 11) is 3.08. The predicted molar refractivity (Wildman–Crippen MR) is 81.8 cm³/mol. The zero-order valence-electron chi connectivity index (χ0n) is 12.6. The normalized spacial score (nSPS) is 17.0. The van der Waals surface area contributed by atoms with Crippen molar-refractivity contribution in [2.45, 2.75) is 6.42 Å². The standard InChI is InChI=1S/C16H18N2O4/c1-4-7-17-16(20)11-8-15(19)18(10-11)12-5-6-13(21-2)14(9-12)22-3/h1,5-6,9,11H,7-8,10H2,2-3H3,(H,17,20). The Kier molecular flexibility index (Phi) is 4.89. The van der Waals surface area contributed by atoms with Crippen LogP contribution in [0.1, 0.15) is 6.42 Å². The van der Waals surface area contributed by atoms with E-state index in [1.807, 2.05) is 0 Å². The monoisotopic (exact) mass is 302 g/mol. The van der Waals surface area contributed by atoms with Crippen molar-refractivity contribution in [2.24, 2.45) is 5.92 Å². The number of nitrogens with one attached hydrogen (secondary N) is 1. The van der Waals surface area contributed by atoms with Crippen molar-refractivity contribution in [2.75, 3.05) is 32.2 Å². The lowest BCUT2D eigenvalue weighted by atomic mass is 10.1. The lowest BCUT2D eigenvalue weighted by Crippen LogP contribution is -2.33. The van der Waals surface area contributed by atoms with Gasteiger partial charge in [0, 0.05) is 24.7 Å². The van der Waals surface area contributed by atoms with E-state index in [1.54, 1.807) is 30.2 Å². The molecule has 0 aliphatic carbocycles. The minimum Gasteiger partial charge on any atom is -0.493 e. The van der Waals surface area contributed by atoms with Crippen LogP contribution < -0.4 is 19.7 Å². The SMILES string of the molecule is C#CCNC(=O)C1CC(=O)N(c2ccc(OC)c(OC)c2)C1. The van der Waals surface area contributed by atoms with Gasteiger partial charge in [0.05, 0.1) is 26.7 Å². The van der Waals surface area contributed by atoms with Gasteiger partial charge in [0.2, 0.25) is 11.8 Å². The minimum absolute atomic E-state index is 0.104. The molecule has 116 valence electrons. The summed E-state index contributed by atoms with van der Waals surface area (Å²) in [4.78, 5) is 25.6. The fraction of sp³-hybridized carbons (Fsp3) is 0.375. The summed E-state index contributed by atoms with van der Waals surface area (Å²) in [6, 6.07) is 5.21. The van der Waals surface area contributed by atoms with Crippen molar-refractivity contribution < 1.29 is 19.1 Å². The number of amides is 2. The van der Waals surface area contributed by atoms with Gasteiger partial charge in [0.15, 0.2) is 11.5 Å². The first-order valence-electron chi connectivity index (χ1n) is 6.84. The summed E-state index contributed by atoms with van der Waals surface area (Å²) >= 11 is 0. The number of benzene rings is 1. The van der Waals surface area contributed by atoms with Gasteiger partial charge in [-0.3, -0.25) is 9.59 Å². The number of hydrogen-bond acceptors (Lipinski definition) is 4. The molecule has 1 aromatic carbocycles. The van der Waals surface area contributed by atoms with Gasteiger partial charge >= 0.3 is 0 Å². The molecule has 0 spiro atoms. The maximum absolute atomic E-state index is 12.2. The molecule has 2 rings (SSSR count). The molecule has 2 amide bonds. The van der Waals surface area contributed by atoms with Crippen LogP contribution in [0.5, 0.6) is 11.5 Å². The highest BCUT2D eigenvalue weighted by molar-refractivity contribution is 6.00. The van der Waals surface area contributed by atoms with Crippen molar-refractivity contribution in [1.82, 2.24) is 5.32 Å². The Labute approximate surface area is 129 Å². The van der Waals surface area contributed by atoms with Crippen LogP contribution in [-0.2, 0) is 9.59 Å². The third-order valence-corrected chi connectivity index (χ3v) is 3.54. The molecule has 6 nitrogen and oxygen atoms in total. The average Bonchev–Trinajstić information content (AvgIpc) is 2.93. The highest BCUT2D eigenvalue weighted by Gasteiger charge is 2.35. The molecule has 1 fully saturated rings. The maximum Gasteiger partial charge on any atom is 0.227 e. The van der Waals surface area contributed by atoms with Crippen LogP contribution in [0.15, 0.2) is 18.2 Å². The van der Waals surface area contributed by atoms with E-state index >= 15 is 0 Å². The lowest BCUT2D eigenvalue weighted by Gasteiger charge is -2.18. The van der Waals surface area contributed by atoms with Crippen LogP contribution in [0, 0.1) is 18.3 Å². The summed E-state index contributed by atoms with van der Waals surface area (Å²) in [6.45, 7) is 0.491. The molecule has 0 bridgehead atoms. The molecule has 1 aliphatic heterocycles. The second kappa shape index (κ2) is 6.85. The Morgan fingerprint density at radius 2 is 2.14 bits per heavy atom. The molecule has 1 atom stereocenters. The number of methoxy groups -OCH3 is 2. The number of anilines is 1. The molecule has 1 aliphatic rings. The van der Waals surface area contributed by atoms with Crippen molar-refractivity contribution in [3.8, 4) is 23.8 Å². The Balaban J connectivity index is 2.15. The summed E-state index contributed by atoms with van der Waals surface area (Å²) < 4.78 is 10.4. The van der Waals surface area contributed by atoms with E-state index in [0.29, 0.717) is 23.7 Å². The third-order valence-electron chi connectivity index (χ3n) is 3.54. The second-order valence-electron chi connectivity index (χ2n) is 4.87. The number of carbonyl (C=O) groups excluding carboxylic acids is 2. The van der Waals surface area contributed by atoms with E-state index < -0.39 is 5.92 Å². The molecule has 22 heavy (non-hydrogen) atoms. The van der Waals surface area contributed by atoms with Gasteiger partial charge in [-0.15, -0.1) is 6.42 Å². The highest BCUT2D eigenvalue weighted by Crippen LogP contribution is 2.34. The van der Waals surface area contributed by atoms with Crippen LogP contribution in [0.25, 0.3) is 0 Å². The van der Waals surface area contributed by atoms with Crippen LogP contribution >= 0.6 is 0 Å².